The van der Waals surface area contributed by atoms with Crippen LogP contribution in [-0.4, -0.2) is 38.1 Å². The molecule has 0 saturated carbocycles. The Morgan fingerprint density at radius 1 is 0.968 bits per heavy atom. The van der Waals surface area contributed by atoms with Crippen molar-refractivity contribution < 1.29 is 24.5 Å². The molecule has 1 unspecified atom stereocenters. The van der Waals surface area contributed by atoms with Gasteiger partial charge in [0.05, 0.1) is 21.5 Å². The fourth-order valence-electron chi connectivity index (χ4n) is 3.46. The zero-order valence-corrected chi connectivity index (χ0v) is 16.6. The number of hydrogen-bond donors (Lipinski definition) is 1. The van der Waals surface area contributed by atoms with E-state index in [2.05, 4.69) is 0 Å². The lowest BCUT2D eigenvalue weighted by atomic mass is 9.95. The molecule has 10 nitrogen and oxygen atoms in total. The second kappa shape index (κ2) is 8.74. The standard InChI is InChI=1S/C21H19N3O7/c1-2-3-12-22-18(13-4-8-15(9-5-13)23(28)29)17(20(26)21(22)27)19(25)14-6-10-16(11-7-14)24(30)31/h4-11,18,25H,2-3,12H2,1H3. The molecule has 2 aromatic rings. The number of likely N-dealkylation sites (tertiary alicyclic amines) is 1. The van der Waals surface area contributed by atoms with Crippen molar-refractivity contribution in [2.75, 3.05) is 6.54 Å². The number of nitrogens with zero attached hydrogens (tertiary/aromatic N) is 3. The van der Waals surface area contributed by atoms with Crippen molar-refractivity contribution in [3.8, 4) is 0 Å². The number of unbranched alkanes of at least 4 members (excludes halogenated alkanes) is 1. The van der Waals surface area contributed by atoms with E-state index in [0.29, 0.717) is 12.0 Å². The lowest BCUT2D eigenvalue weighted by molar-refractivity contribution is -0.385. The molecular formula is C21H19N3O7. The van der Waals surface area contributed by atoms with Gasteiger partial charge in [-0.1, -0.05) is 13.3 Å². The maximum Gasteiger partial charge on any atom is 0.295 e. The van der Waals surface area contributed by atoms with Crippen LogP contribution in [0.2, 0.25) is 0 Å². The number of nitro groups is 2. The maximum absolute atomic E-state index is 12.8. The number of aliphatic hydroxyl groups is 1. The molecule has 1 heterocycles. The quantitative estimate of drug-likeness (QED) is 0.234. The second-order valence-electron chi connectivity index (χ2n) is 7.00. The summed E-state index contributed by atoms with van der Waals surface area (Å²) in [6.07, 6.45) is 1.38. The molecule has 3 rings (SSSR count). The van der Waals surface area contributed by atoms with Gasteiger partial charge in [-0.3, -0.25) is 29.8 Å². The van der Waals surface area contributed by atoms with Gasteiger partial charge in [-0.25, -0.2) is 0 Å². The minimum Gasteiger partial charge on any atom is -0.507 e. The lowest BCUT2D eigenvalue weighted by Gasteiger charge is -2.25. The molecule has 1 atom stereocenters. The second-order valence-corrected chi connectivity index (χ2v) is 7.00. The largest absolute Gasteiger partial charge is 0.507 e. The van der Waals surface area contributed by atoms with Gasteiger partial charge in [-0.05, 0) is 36.2 Å². The van der Waals surface area contributed by atoms with Crippen LogP contribution < -0.4 is 0 Å². The summed E-state index contributed by atoms with van der Waals surface area (Å²) in [6.45, 7) is 2.19. The number of Topliss-reactive ketones (excluding diaryl/α,β-unsaturated/α-hetero) is 1. The Bertz CT molecular complexity index is 1080. The lowest BCUT2D eigenvalue weighted by Crippen LogP contribution is -2.30. The summed E-state index contributed by atoms with van der Waals surface area (Å²) in [6, 6.07) is 9.43. The number of amides is 1. The van der Waals surface area contributed by atoms with Crippen LogP contribution in [0.1, 0.15) is 36.9 Å². The summed E-state index contributed by atoms with van der Waals surface area (Å²) in [5.74, 6) is -2.12. The molecule has 0 spiro atoms. The van der Waals surface area contributed by atoms with E-state index < -0.39 is 33.3 Å². The molecule has 1 amide bonds. The Kier molecular flexibility index (Phi) is 6.10. The van der Waals surface area contributed by atoms with Gasteiger partial charge in [0.25, 0.3) is 23.1 Å². The smallest absolute Gasteiger partial charge is 0.295 e. The Hall–Kier alpha value is -4.08. The van der Waals surface area contributed by atoms with E-state index in [1.807, 2.05) is 6.92 Å². The summed E-state index contributed by atoms with van der Waals surface area (Å²) in [4.78, 5) is 47.5. The van der Waals surface area contributed by atoms with Gasteiger partial charge in [0.2, 0.25) is 0 Å². The number of benzene rings is 2. The van der Waals surface area contributed by atoms with Crippen LogP contribution >= 0.6 is 0 Å². The third kappa shape index (κ3) is 4.13. The average molecular weight is 425 g/mol. The Balaban J connectivity index is 2.13. The molecule has 0 aromatic heterocycles. The third-order valence-corrected chi connectivity index (χ3v) is 5.06. The van der Waals surface area contributed by atoms with Crippen molar-refractivity contribution in [3.05, 3.63) is 85.5 Å². The molecule has 10 heteroatoms. The number of rotatable bonds is 7. The number of hydrogen-bond acceptors (Lipinski definition) is 7. The normalized spacial score (nSPS) is 17.7. The van der Waals surface area contributed by atoms with E-state index in [9.17, 15) is 34.9 Å². The molecule has 0 radical (unpaired) electrons. The van der Waals surface area contributed by atoms with E-state index >= 15 is 0 Å². The van der Waals surface area contributed by atoms with Crippen molar-refractivity contribution in [3.63, 3.8) is 0 Å². The predicted octanol–water partition coefficient (Wildman–Crippen LogP) is 3.72. The van der Waals surface area contributed by atoms with Crippen molar-refractivity contribution in [1.82, 2.24) is 4.90 Å². The Morgan fingerprint density at radius 2 is 1.48 bits per heavy atom. The number of ketones is 1. The molecule has 0 bridgehead atoms. The highest BCUT2D eigenvalue weighted by Crippen LogP contribution is 2.40. The van der Waals surface area contributed by atoms with E-state index in [-0.39, 0.29) is 29.1 Å². The van der Waals surface area contributed by atoms with Gasteiger partial charge < -0.3 is 10.0 Å². The molecular weight excluding hydrogens is 406 g/mol. The topological polar surface area (TPSA) is 144 Å². The van der Waals surface area contributed by atoms with Gasteiger partial charge in [0, 0.05) is 36.4 Å². The first-order chi connectivity index (χ1) is 14.8. The summed E-state index contributed by atoms with van der Waals surface area (Å²) in [7, 11) is 0. The monoisotopic (exact) mass is 425 g/mol. The van der Waals surface area contributed by atoms with Crippen molar-refractivity contribution >= 4 is 28.8 Å². The molecule has 31 heavy (non-hydrogen) atoms. The average Bonchev–Trinajstić information content (AvgIpc) is 3.02. The number of nitro benzene ring substituents is 2. The highest BCUT2D eigenvalue weighted by molar-refractivity contribution is 6.46. The van der Waals surface area contributed by atoms with Gasteiger partial charge in [0.15, 0.2) is 0 Å². The number of carbonyl (C=O) groups excluding carboxylic acids is 2. The zero-order chi connectivity index (χ0) is 22.7. The number of carbonyl (C=O) groups is 2. The highest BCUT2D eigenvalue weighted by atomic mass is 16.6. The van der Waals surface area contributed by atoms with E-state index in [1.54, 1.807) is 0 Å². The molecule has 1 aliphatic rings. The first-order valence-electron chi connectivity index (χ1n) is 9.53. The van der Waals surface area contributed by atoms with Crippen LogP contribution in [0.15, 0.2) is 54.1 Å². The van der Waals surface area contributed by atoms with Crippen LogP contribution in [0, 0.1) is 20.2 Å². The summed E-state index contributed by atoms with van der Waals surface area (Å²) in [5, 5.41) is 32.7. The van der Waals surface area contributed by atoms with Crippen molar-refractivity contribution in [1.29, 1.82) is 0 Å². The molecule has 1 saturated heterocycles. The van der Waals surface area contributed by atoms with Crippen LogP contribution in [0.25, 0.3) is 5.76 Å². The summed E-state index contributed by atoms with van der Waals surface area (Å²) in [5.41, 5.74) is 0.0793. The van der Waals surface area contributed by atoms with Gasteiger partial charge in [-0.15, -0.1) is 0 Å². The third-order valence-electron chi connectivity index (χ3n) is 5.06. The molecule has 160 valence electrons. The molecule has 1 N–H and O–H groups in total. The predicted molar refractivity (Wildman–Crippen MR) is 110 cm³/mol. The maximum atomic E-state index is 12.8. The van der Waals surface area contributed by atoms with Crippen LogP contribution in [0.5, 0.6) is 0 Å². The Morgan fingerprint density at radius 3 is 1.97 bits per heavy atom. The van der Waals surface area contributed by atoms with E-state index in [0.717, 1.165) is 6.42 Å². The van der Waals surface area contributed by atoms with Crippen LogP contribution in [0.4, 0.5) is 11.4 Å². The van der Waals surface area contributed by atoms with Crippen molar-refractivity contribution in [2.45, 2.75) is 25.8 Å². The summed E-state index contributed by atoms with van der Waals surface area (Å²) >= 11 is 0. The fraction of sp³-hybridized carbons (Fsp3) is 0.238. The number of aliphatic hydroxyl groups excluding tert-OH is 1. The highest BCUT2D eigenvalue weighted by Gasteiger charge is 2.45. The van der Waals surface area contributed by atoms with Crippen molar-refractivity contribution in [2.24, 2.45) is 0 Å². The molecule has 0 aliphatic carbocycles. The first kappa shape index (κ1) is 21.6. The summed E-state index contributed by atoms with van der Waals surface area (Å²) < 4.78 is 0. The van der Waals surface area contributed by atoms with E-state index in [1.165, 1.54) is 53.4 Å². The van der Waals surface area contributed by atoms with Gasteiger partial charge in [-0.2, -0.15) is 0 Å². The SMILES string of the molecule is CCCCN1C(=O)C(=O)C(=C(O)c2ccc([N+](=O)[O-])cc2)C1c1ccc([N+](=O)[O-])cc1. The fourth-order valence-corrected chi connectivity index (χ4v) is 3.46. The molecule has 2 aromatic carbocycles. The molecule has 1 aliphatic heterocycles. The van der Waals surface area contributed by atoms with Crippen LogP contribution in [0.3, 0.4) is 0 Å². The molecule has 1 fully saturated rings. The minimum atomic E-state index is -0.928. The van der Waals surface area contributed by atoms with Gasteiger partial charge >= 0.3 is 0 Å². The Labute approximate surface area is 176 Å². The number of non-ortho nitro benzene ring substituents is 2. The zero-order valence-electron chi connectivity index (χ0n) is 16.6. The minimum absolute atomic E-state index is 0.144. The van der Waals surface area contributed by atoms with E-state index in [4.69, 9.17) is 0 Å². The first-order valence-corrected chi connectivity index (χ1v) is 9.53. The van der Waals surface area contributed by atoms with Gasteiger partial charge in [0.1, 0.15) is 5.76 Å². The van der Waals surface area contributed by atoms with Crippen LogP contribution in [-0.2, 0) is 9.59 Å².